The number of fused-ring (bicyclic) bond motifs is 2. The molecule has 0 radical (unpaired) electrons. The molecule has 0 amide bonds. The quantitative estimate of drug-likeness (QED) is 0.245. The van der Waals surface area contributed by atoms with Crippen LogP contribution in [0.5, 0.6) is 0 Å². The van der Waals surface area contributed by atoms with Gasteiger partial charge >= 0.3 is 0 Å². The summed E-state index contributed by atoms with van der Waals surface area (Å²) in [6.45, 7) is 4.41. The van der Waals surface area contributed by atoms with Crippen LogP contribution in [-0.2, 0) is 13.6 Å². The minimum atomic E-state index is 0.995. The van der Waals surface area contributed by atoms with Gasteiger partial charge in [0.05, 0.1) is 36.7 Å². The number of nitrogens with zero attached hydrogens (tertiary/aromatic N) is 3. The molecule has 5 rings (SSSR count). The summed E-state index contributed by atoms with van der Waals surface area (Å²) >= 11 is 1.84. The largest absolute Gasteiger partial charge is 0.338 e. The fourth-order valence-electron chi connectivity index (χ4n) is 4.60. The van der Waals surface area contributed by atoms with Gasteiger partial charge in [-0.3, -0.25) is 0 Å². The molecule has 172 valence electrons. The monoisotopic (exact) mass is 467 g/mol. The molecule has 0 saturated carbocycles. The highest BCUT2D eigenvalue weighted by atomic mass is 32.2. The third-order valence-electron chi connectivity index (χ3n) is 7.01. The molecule has 1 aromatic heterocycles. The van der Waals surface area contributed by atoms with Crippen molar-refractivity contribution in [3.8, 4) is 11.1 Å². The normalized spacial score (nSPS) is 14.7. The second-order valence-electron chi connectivity index (χ2n) is 9.78. The lowest BCUT2D eigenvalue weighted by Gasteiger charge is -2.28. The standard InChI is InChI=1S/C30H33N3S/c1-6-33(4,5)21-22-15-17-23(18-16-22)26-19-24(31(2)27-12-8-7-11-25(26)27)20-30-32(3)28-13-9-10-14-29(28)34-30/h7-20H,6,21H2,1-5H3/q+2. The van der Waals surface area contributed by atoms with Gasteiger partial charge in [0, 0.05) is 41.3 Å². The molecule has 2 heterocycles. The number of hydrogen-bond donors (Lipinski definition) is 0. The molecule has 0 fully saturated rings. The van der Waals surface area contributed by atoms with E-state index >= 15 is 0 Å². The molecule has 0 bridgehead atoms. The Morgan fingerprint density at radius 2 is 1.65 bits per heavy atom. The molecule has 1 aliphatic heterocycles. The van der Waals surface area contributed by atoms with Crippen LogP contribution in [0.2, 0.25) is 0 Å². The predicted molar refractivity (Wildman–Crippen MR) is 146 cm³/mol. The highest BCUT2D eigenvalue weighted by molar-refractivity contribution is 8.03. The Kier molecular flexibility index (Phi) is 5.97. The minimum absolute atomic E-state index is 0.995. The first kappa shape index (κ1) is 22.7. The summed E-state index contributed by atoms with van der Waals surface area (Å²) in [7, 11) is 8.89. The van der Waals surface area contributed by atoms with Gasteiger partial charge in [-0.2, -0.15) is 4.57 Å². The van der Waals surface area contributed by atoms with Crippen molar-refractivity contribution in [2.75, 3.05) is 32.6 Å². The summed E-state index contributed by atoms with van der Waals surface area (Å²) in [5, 5.41) is 2.52. The molecule has 4 heteroatoms. The molecule has 0 unspecified atom stereocenters. The molecular weight excluding hydrogens is 434 g/mol. The highest BCUT2D eigenvalue weighted by Crippen LogP contribution is 2.45. The number of para-hydroxylation sites is 2. The SMILES string of the molecule is CC[N+](C)(C)Cc1ccc(-c2cc(/C=C3\Sc4ccccc4N3C)[n+](C)c3ccccc23)cc1. The van der Waals surface area contributed by atoms with E-state index in [1.165, 1.54) is 48.9 Å². The molecule has 4 aromatic rings. The Balaban J connectivity index is 1.58. The van der Waals surface area contributed by atoms with Crippen LogP contribution in [0.3, 0.4) is 0 Å². The van der Waals surface area contributed by atoms with Crippen LogP contribution < -0.4 is 9.47 Å². The van der Waals surface area contributed by atoms with Crippen molar-refractivity contribution in [3.05, 3.63) is 95.1 Å². The Morgan fingerprint density at radius 1 is 0.941 bits per heavy atom. The molecule has 0 aliphatic carbocycles. The van der Waals surface area contributed by atoms with Crippen molar-refractivity contribution >= 4 is 34.4 Å². The van der Waals surface area contributed by atoms with Gasteiger partial charge in [0.15, 0.2) is 0 Å². The first-order valence-corrected chi connectivity index (χ1v) is 12.7. The zero-order valence-corrected chi connectivity index (χ0v) is 21.6. The van der Waals surface area contributed by atoms with Crippen molar-refractivity contribution in [2.24, 2.45) is 7.05 Å². The van der Waals surface area contributed by atoms with Crippen LogP contribution in [0.15, 0.2) is 88.8 Å². The highest BCUT2D eigenvalue weighted by Gasteiger charge is 2.24. The molecule has 0 saturated heterocycles. The van der Waals surface area contributed by atoms with E-state index in [-0.39, 0.29) is 0 Å². The Hall–Kier alpha value is -3.08. The average molecular weight is 468 g/mol. The van der Waals surface area contributed by atoms with E-state index in [1.54, 1.807) is 0 Å². The molecule has 0 N–H and O–H groups in total. The van der Waals surface area contributed by atoms with Gasteiger partial charge in [-0.05, 0) is 30.7 Å². The number of hydrogen-bond acceptors (Lipinski definition) is 2. The topological polar surface area (TPSA) is 7.12 Å². The first-order valence-electron chi connectivity index (χ1n) is 11.9. The summed E-state index contributed by atoms with van der Waals surface area (Å²) in [6, 6.07) is 28.8. The summed E-state index contributed by atoms with van der Waals surface area (Å²) < 4.78 is 3.30. The van der Waals surface area contributed by atoms with Gasteiger partial charge in [-0.1, -0.05) is 60.3 Å². The Labute approximate surface area is 207 Å². The molecule has 34 heavy (non-hydrogen) atoms. The van der Waals surface area contributed by atoms with Crippen molar-refractivity contribution < 1.29 is 9.05 Å². The molecule has 3 aromatic carbocycles. The third kappa shape index (κ3) is 4.24. The van der Waals surface area contributed by atoms with E-state index in [9.17, 15) is 0 Å². The predicted octanol–water partition coefficient (Wildman–Crippen LogP) is 6.47. The second-order valence-corrected chi connectivity index (χ2v) is 10.8. The van der Waals surface area contributed by atoms with Crippen LogP contribution >= 0.6 is 11.8 Å². The maximum absolute atomic E-state index is 2.34. The first-order chi connectivity index (χ1) is 16.4. The van der Waals surface area contributed by atoms with E-state index < -0.39 is 0 Å². The Morgan fingerprint density at radius 3 is 2.38 bits per heavy atom. The number of thioether (sulfide) groups is 1. The van der Waals surface area contributed by atoms with Gasteiger partial charge in [0.25, 0.3) is 0 Å². The van der Waals surface area contributed by atoms with Crippen molar-refractivity contribution in [1.29, 1.82) is 0 Å². The fraction of sp³-hybridized carbons (Fsp3) is 0.233. The van der Waals surface area contributed by atoms with E-state index in [0.29, 0.717) is 0 Å². The van der Waals surface area contributed by atoms with Gasteiger partial charge in [0.1, 0.15) is 13.6 Å². The maximum Gasteiger partial charge on any atom is 0.213 e. The van der Waals surface area contributed by atoms with Gasteiger partial charge < -0.3 is 9.38 Å². The van der Waals surface area contributed by atoms with Crippen molar-refractivity contribution in [3.63, 3.8) is 0 Å². The number of pyridine rings is 1. The molecule has 0 spiro atoms. The molecule has 1 aliphatic rings. The van der Waals surface area contributed by atoms with Gasteiger partial charge in [-0.25, -0.2) is 0 Å². The number of quaternary nitrogens is 1. The lowest BCUT2D eigenvalue weighted by atomic mass is 9.98. The van der Waals surface area contributed by atoms with Crippen molar-refractivity contribution in [2.45, 2.75) is 18.4 Å². The van der Waals surface area contributed by atoms with E-state index in [2.05, 4.69) is 130 Å². The van der Waals surface area contributed by atoms with Crippen LogP contribution in [0.4, 0.5) is 5.69 Å². The van der Waals surface area contributed by atoms with E-state index in [0.717, 1.165) is 17.6 Å². The van der Waals surface area contributed by atoms with Crippen LogP contribution in [0.1, 0.15) is 18.2 Å². The smallest absolute Gasteiger partial charge is 0.213 e. The number of aromatic nitrogens is 1. The Bertz CT molecular complexity index is 1390. The lowest BCUT2D eigenvalue weighted by molar-refractivity contribution is -0.901. The van der Waals surface area contributed by atoms with Crippen LogP contribution in [-0.4, -0.2) is 32.2 Å². The molecule has 0 atom stereocenters. The summed E-state index contributed by atoms with van der Waals surface area (Å²) in [4.78, 5) is 3.60. The zero-order valence-electron chi connectivity index (χ0n) is 20.7. The number of rotatable bonds is 5. The van der Waals surface area contributed by atoms with Gasteiger partial charge in [-0.15, -0.1) is 0 Å². The van der Waals surface area contributed by atoms with Crippen LogP contribution in [0.25, 0.3) is 28.1 Å². The molecular formula is C30H33N3S+2. The summed E-state index contributed by atoms with van der Waals surface area (Å²) in [5.41, 5.74) is 7.63. The maximum atomic E-state index is 2.34. The van der Waals surface area contributed by atoms with Crippen molar-refractivity contribution in [1.82, 2.24) is 0 Å². The minimum Gasteiger partial charge on any atom is -0.338 e. The summed E-state index contributed by atoms with van der Waals surface area (Å²) in [6.07, 6.45) is 2.32. The summed E-state index contributed by atoms with van der Waals surface area (Å²) in [5.74, 6) is 0. The number of benzene rings is 3. The fourth-order valence-corrected chi connectivity index (χ4v) is 5.70. The zero-order chi connectivity index (χ0) is 23.9. The average Bonchev–Trinajstić information content (AvgIpc) is 3.16. The lowest BCUT2D eigenvalue weighted by Crippen LogP contribution is -2.38. The third-order valence-corrected chi connectivity index (χ3v) is 8.18. The van der Waals surface area contributed by atoms with Gasteiger partial charge in [0.2, 0.25) is 11.2 Å². The molecule has 3 nitrogen and oxygen atoms in total. The van der Waals surface area contributed by atoms with E-state index in [1.807, 2.05) is 11.8 Å². The van der Waals surface area contributed by atoms with E-state index in [4.69, 9.17) is 0 Å². The number of anilines is 1. The number of aryl methyl sites for hydroxylation is 1. The van der Waals surface area contributed by atoms with Crippen LogP contribution in [0, 0.1) is 0 Å². The second kappa shape index (κ2) is 8.94.